The van der Waals surface area contributed by atoms with Gasteiger partial charge in [-0.25, -0.2) is 10.4 Å². The fraction of sp³-hybridized carbons (Fsp3) is 0. The zero-order chi connectivity index (χ0) is 21.4. The Bertz CT molecular complexity index is 1300. The van der Waals surface area contributed by atoms with Gasteiger partial charge in [-0.2, -0.15) is 5.10 Å². The normalized spacial score (nSPS) is 11.5. The van der Waals surface area contributed by atoms with Gasteiger partial charge in [0.2, 0.25) is 0 Å². The van der Waals surface area contributed by atoms with Crippen molar-refractivity contribution in [1.82, 2.24) is 10.4 Å². The number of benzene rings is 3. The monoisotopic (exact) mass is 476 g/mol. The Kier molecular flexibility index (Phi) is 5.71. The topological polar surface area (TPSA) is 80.4 Å². The number of hydrazone groups is 1. The Hall–Kier alpha value is -2.57. The van der Waals surface area contributed by atoms with Crippen molar-refractivity contribution in [3.05, 3.63) is 80.0 Å². The predicted octanol–water partition coefficient (Wildman–Crippen LogP) is 6.35. The number of carbonyl (C=O) groups is 1. The van der Waals surface area contributed by atoms with Crippen LogP contribution in [0.2, 0.25) is 20.2 Å². The molecule has 3 N–H and O–H groups in total. The summed E-state index contributed by atoms with van der Waals surface area (Å²) in [5.41, 5.74) is 8.76. The standard InChI is InChI=1S/C21H12Cl4N4O/c22-15-12-7-3-1-5-10(12)14(11-6-2-4-8-13(11)15)9-27-29-21(30)19-16(23)18(26)17(24)20(25)28-19/h1-9H,(H2,26,28)(H,29,30). The molecule has 0 bridgehead atoms. The molecule has 30 heavy (non-hydrogen) atoms. The molecule has 3 aromatic carbocycles. The highest BCUT2D eigenvalue weighted by Crippen LogP contribution is 2.36. The fourth-order valence-corrected chi connectivity index (χ4v) is 4.06. The summed E-state index contributed by atoms with van der Waals surface area (Å²) >= 11 is 24.5. The first-order valence-electron chi connectivity index (χ1n) is 8.62. The van der Waals surface area contributed by atoms with Gasteiger partial charge in [-0.3, -0.25) is 4.79 Å². The van der Waals surface area contributed by atoms with E-state index in [0.717, 1.165) is 27.1 Å². The van der Waals surface area contributed by atoms with Crippen LogP contribution in [0.1, 0.15) is 16.1 Å². The zero-order valence-corrected chi connectivity index (χ0v) is 18.1. The molecule has 0 aliphatic carbocycles. The van der Waals surface area contributed by atoms with E-state index in [1.165, 1.54) is 0 Å². The average molecular weight is 478 g/mol. The Balaban J connectivity index is 1.75. The molecular formula is C21H12Cl4N4O. The van der Waals surface area contributed by atoms with Crippen molar-refractivity contribution in [2.75, 3.05) is 5.73 Å². The second-order valence-electron chi connectivity index (χ2n) is 6.31. The minimum Gasteiger partial charge on any atom is -0.396 e. The molecule has 0 saturated carbocycles. The molecule has 150 valence electrons. The van der Waals surface area contributed by atoms with Gasteiger partial charge in [0.15, 0.2) is 10.8 Å². The summed E-state index contributed by atoms with van der Waals surface area (Å²) in [4.78, 5) is 16.4. The van der Waals surface area contributed by atoms with Gasteiger partial charge in [-0.05, 0) is 10.8 Å². The van der Waals surface area contributed by atoms with E-state index in [1.807, 2.05) is 48.5 Å². The van der Waals surface area contributed by atoms with Gasteiger partial charge in [-0.15, -0.1) is 0 Å². The van der Waals surface area contributed by atoms with E-state index in [1.54, 1.807) is 6.21 Å². The third-order valence-corrected chi connectivity index (χ3v) is 6.10. The number of carbonyl (C=O) groups excluding carboxylic acids is 1. The summed E-state index contributed by atoms with van der Waals surface area (Å²) in [5.74, 6) is -0.677. The van der Waals surface area contributed by atoms with Crippen LogP contribution in [0.4, 0.5) is 5.69 Å². The van der Waals surface area contributed by atoms with Crippen molar-refractivity contribution in [1.29, 1.82) is 0 Å². The van der Waals surface area contributed by atoms with Gasteiger partial charge in [-0.1, -0.05) is 94.9 Å². The molecule has 0 unspecified atom stereocenters. The highest BCUT2D eigenvalue weighted by Gasteiger charge is 2.19. The number of hydrogen-bond donors (Lipinski definition) is 2. The molecule has 0 fully saturated rings. The largest absolute Gasteiger partial charge is 0.396 e. The zero-order valence-electron chi connectivity index (χ0n) is 15.1. The smallest absolute Gasteiger partial charge is 0.291 e. The van der Waals surface area contributed by atoms with Crippen molar-refractivity contribution >= 4 is 85.8 Å². The maximum atomic E-state index is 12.5. The summed E-state index contributed by atoms with van der Waals surface area (Å²) in [6, 6.07) is 15.4. The number of nitrogens with zero attached hydrogens (tertiary/aromatic N) is 2. The number of pyridine rings is 1. The first-order chi connectivity index (χ1) is 14.4. The molecule has 1 amide bonds. The minimum absolute atomic E-state index is 0.0131. The van der Waals surface area contributed by atoms with E-state index in [0.29, 0.717) is 5.02 Å². The molecule has 4 rings (SSSR count). The second kappa shape index (κ2) is 8.28. The molecule has 1 aromatic heterocycles. The van der Waals surface area contributed by atoms with Gasteiger partial charge in [0.05, 0.1) is 21.9 Å². The number of amides is 1. The number of nitrogen functional groups attached to an aromatic ring is 1. The molecule has 5 nitrogen and oxygen atoms in total. The first-order valence-corrected chi connectivity index (χ1v) is 10.1. The SMILES string of the molecule is Nc1c(Cl)c(Cl)nc(C(=O)NN=Cc2c3ccccc3c(Cl)c3ccccc23)c1Cl. The molecule has 0 radical (unpaired) electrons. The van der Waals surface area contributed by atoms with Crippen LogP contribution >= 0.6 is 46.4 Å². The molecule has 4 aromatic rings. The van der Waals surface area contributed by atoms with Crippen LogP contribution in [0.3, 0.4) is 0 Å². The maximum absolute atomic E-state index is 12.5. The molecule has 0 spiro atoms. The number of hydrogen-bond acceptors (Lipinski definition) is 4. The Labute approximate surface area is 191 Å². The van der Waals surface area contributed by atoms with Gasteiger partial charge in [0.1, 0.15) is 5.02 Å². The highest BCUT2D eigenvalue weighted by molar-refractivity contribution is 6.46. The van der Waals surface area contributed by atoms with E-state index in [4.69, 9.17) is 52.1 Å². The lowest BCUT2D eigenvalue weighted by atomic mass is 9.97. The lowest BCUT2D eigenvalue weighted by Gasteiger charge is -2.11. The average Bonchev–Trinajstić information content (AvgIpc) is 2.77. The summed E-state index contributed by atoms with van der Waals surface area (Å²) in [6.07, 6.45) is 1.55. The molecule has 0 saturated heterocycles. The predicted molar refractivity (Wildman–Crippen MR) is 125 cm³/mol. The Morgan fingerprint density at radius 3 is 1.97 bits per heavy atom. The van der Waals surface area contributed by atoms with E-state index < -0.39 is 5.91 Å². The third kappa shape index (κ3) is 3.55. The highest BCUT2D eigenvalue weighted by atomic mass is 35.5. The summed E-state index contributed by atoms with van der Waals surface area (Å²) in [6.45, 7) is 0. The van der Waals surface area contributed by atoms with E-state index >= 15 is 0 Å². The van der Waals surface area contributed by atoms with Gasteiger partial charge >= 0.3 is 0 Å². The lowest BCUT2D eigenvalue weighted by Crippen LogP contribution is -2.20. The van der Waals surface area contributed by atoms with Crippen molar-refractivity contribution in [3.8, 4) is 0 Å². The number of rotatable bonds is 3. The van der Waals surface area contributed by atoms with Gasteiger partial charge in [0.25, 0.3) is 5.91 Å². The van der Waals surface area contributed by atoms with E-state index in [-0.39, 0.29) is 26.6 Å². The minimum atomic E-state index is -0.677. The van der Waals surface area contributed by atoms with Crippen LogP contribution in [0.5, 0.6) is 0 Å². The molecule has 9 heteroatoms. The molecule has 0 atom stereocenters. The third-order valence-electron chi connectivity index (χ3n) is 4.55. The number of nitrogens with one attached hydrogen (secondary N) is 1. The van der Waals surface area contributed by atoms with E-state index in [2.05, 4.69) is 15.5 Å². The van der Waals surface area contributed by atoms with Gasteiger partial charge < -0.3 is 5.73 Å². The van der Waals surface area contributed by atoms with Crippen molar-refractivity contribution in [3.63, 3.8) is 0 Å². The quantitative estimate of drug-likeness (QED) is 0.156. The molecule has 0 aliphatic rings. The Morgan fingerprint density at radius 1 is 0.867 bits per heavy atom. The second-order valence-corrected chi connectivity index (χ2v) is 7.80. The molecular weight excluding hydrogens is 466 g/mol. The van der Waals surface area contributed by atoms with Crippen LogP contribution in [0.25, 0.3) is 21.5 Å². The van der Waals surface area contributed by atoms with E-state index in [9.17, 15) is 4.79 Å². The number of halogens is 4. The Morgan fingerprint density at radius 2 is 1.40 bits per heavy atom. The van der Waals surface area contributed by atoms with Crippen molar-refractivity contribution in [2.24, 2.45) is 5.10 Å². The van der Waals surface area contributed by atoms with Crippen LogP contribution in [0, 0.1) is 0 Å². The van der Waals surface area contributed by atoms with Gasteiger partial charge in [0, 0.05) is 16.3 Å². The maximum Gasteiger partial charge on any atom is 0.291 e. The number of fused-ring (bicyclic) bond motifs is 2. The van der Waals surface area contributed by atoms with Crippen LogP contribution < -0.4 is 11.2 Å². The van der Waals surface area contributed by atoms with Crippen molar-refractivity contribution in [2.45, 2.75) is 0 Å². The first kappa shape index (κ1) is 20.7. The fourth-order valence-electron chi connectivity index (χ4n) is 3.14. The van der Waals surface area contributed by atoms with Crippen molar-refractivity contribution < 1.29 is 4.79 Å². The van der Waals surface area contributed by atoms with Crippen LogP contribution in [-0.4, -0.2) is 17.1 Å². The number of aromatic nitrogens is 1. The lowest BCUT2D eigenvalue weighted by molar-refractivity contribution is 0.0950. The van der Waals surface area contributed by atoms with Crippen LogP contribution in [0.15, 0.2) is 53.6 Å². The molecule has 0 aliphatic heterocycles. The number of nitrogens with two attached hydrogens (primary N) is 1. The summed E-state index contributed by atoms with van der Waals surface area (Å²) in [7, 11) is 0. The van der Waals surface area contributed by atoms with Crippen LogP contribution in [-0.2, 0) is 0 Å². The summed E-state index contributed by atoms with van der Waals surface area (Å²) in [5, 5.41) is 8.07. The summed E-state index contributed by atoms with van der Waals surface area (Å²) < 4.78 is 0. The number of anilines is 1. The molecule has 1 heterocycles.